The molecule has 0 aromatic carbocycles. The number of nitrogens with two attached hydrogens (primary N) is 1. The first-order valence-electron chi connectivity index (χ1n) is 8.73. The molecule has 0 spiro atoms. The molecule has 132 valence electrons. The highest BCUT2D eigenvalue weighted by Crippen LogP contribution is 2.26. The van der Waals surface area contributed by atoms with Crippen molar-refractivity contribution in [3.8, 4) is 0 Å². The molecule has 1 amide bonds. The summed E-state index contributed by atoms with van der Waals surface area (Å²) in [5.41, 5.74) is 7.66. The van der Waals surface area contributed by atoms with Crippen LogP contribution >= 0.6 is 0 Å². The summed E-state index contributed by atoms with van der Waals surface area (Å²) in [6.07, 6.45) is 3.20. The van der Waals surface area contributed by atoms with E-state index in [1.807, 2.05) is 18.7 Å². The number of nitrogens with zero attached hydrogens (tertiary/aromatic N) is 4. The highest BCUT2D eigenvalue weighted by molar-refractivity contribution is 5.79. The van der Waals surface area contributed by atoms with E-state index in [0.29, 0.717) is 19.5 Å². The van der Waals surface area contributed by atoms with Crippen LogP contribution in [0.15, 0.2) is 6.20 Å². The molecule has 0 unspecified atom stereocenters. The molecule has 2 fully saturated rings. The van der Waals surface area contributed by atoms with Crippen molar-refractivity contribution < 1.29 is 9.90 Å². The predicted molar refractivity (Wildman–Crippen MR) is 91.6 cm³/mol. The standard InChI is InChI=1S/C17H27N5O2/c1-11-10-19-12(2)16(20-11)21-5-7-22(8-6-21)17(24)13-3-4-14(18)15(23)9-13/h10,13-15,23H,3-9,18H2,1-2H3/t13-,14-,15-/m0/s1. The minimum atomic E-state index is -0.556. The Labute approximate surface area is 142 Å². The Hall–Kier alpha value is -1.73. The van der Waals surface area contributed by atoms with Gasteiger partial charge in [0.25, 0.3) is 0 Å². The molecule has 1 saturated carbocycles. The van der Waals surface area contributed by atoms with Gasteiger partial charge in [-0.05, 0) is 33.1 Å². The van der Waals surface area contributed by atoms with Gasteiger partial charge in [0, 0.05) is 44.3 Å². The normalized spacial score (nSPS) is 28.1. The van der Waals surface area contributed by atoms with Crippen molar-refractivity contribution >= 4 is 11.7 Å². The van der Waals surface area contributed by atoms with Gasteiger partial charge in [0.05, 0.1) is 17.5 Å². The van der Waals surface area contributed by atoms with E-state index in [4.69, 9.17) is 5.73 Å². The third kappa shape index (κ3) is 3.52. The Morgan fingerprint density at radius 2 is 1.96 bits per heavy atom. The number of anilines is 1. The molecule has 1 aromatic rings. The number of amides is 1. The molecule has 1 aromatic heterocycles. The van der Waals surface area contributed by atoms with E-state index in [9.17, 15) is 9.90 Å². The van der Waals surface area contributed by atoms with Crippen molar-refractivity contribution in [3.63, 3.8) is 0 Å². The van der Waals surface area contributed by atoms with Gasteiger partial charge in [-0.15, -0.1) is 0 Å². The molecule has 1 aliphatic heterocycles. The number of aryl methyl sites for hydroxylation is 2. The van der Waals surface area contributed by atoms with E-state index in [0.717, 1.165) is 43.1 Å². The first-order valence-corrected chi connectivity index (χ1v) is 8.73. The fourth-order valence-electron chi connectivity index (χ4n) is 3.62. The van der Waals surface area contributed by atoms with Crippen molar-refractivity contribution in [1.82, 2.24) is 14.9 Å². The van der Waals surface area contributed by atoms with Crippen LogP contribution in [-0.4, -0.2) is 64.2 Å². The van der Waals surface area contributed by atoms with Crippen LogP contribution in [0.3, 0.4) is 0 Å². The topological polar surface area (TPSA) is 95.6 Å². The zero-order valence-corrected chi connectivity index (χ0v) is 14.5. The van der Waals surface area contributed by atoms with Gasteiger partial charge in [-0.25, -0.2) is 4.98 Å². The molecule has 3 atom stereocenters. The van der Waals surface area contributed by atoms with Gasteiger partial charge in [0.2, 0.25) is 5.91 Å². The molecule has 0 bridgehead atoms. The molecule has 7 heteroatoms. The molecular weight excluding hydrogens is 306 g/mol. The molecule has 3 N–H and O–H groups in total. The van der Waals surface area contributed by atoms with E-state index < -0.39 is 6.10 Å². The predicted octanol–water partition coefficient (Wildman–Crippen LogP) is 0.230. The van der Waals surface area contributed by atoms with Crippen LogP contribution in [-0.2, 0) is 4.79 Å². The van der Waals surface area contributed by atoms with Gasteiger partial charge < -0.3 is 20.6 Å². The van der Waals surface area contributed by atoms with E-state index in [1.165, 1.54) is 0 Å². The van der Waals surface area contributed by atoms with Crippen LogP contribution in [0.1, 0.15) is 30.7 Å². The maximum absolute atomic E-state index is 12.7. The zero-order valence-electron chi connectivity index (χ0n) is 14.5. The molecule has 2 aliphatic rings. The second-order valence-corrected chi connectivity index (χ2v) is 6.97. The second kappa shape index (κ2) is 7.03. The Morgan fingerprint density at radius 1 is 1.25 bits per heavy atom. The molecule has 7 nitrogen and oxygen atoms in total. The number of carbonyl (C=O) groups is 1. The summed E-state index contributed by atoms with van der Waals surface area (Å²) in [7, 11) is 0. The summed E-state index contributed by atoms with van der Waals surface area (Å²) in [4.78, 5) is 25.8. The minimum absolute atomic E-state index is 0.0909. The maximum Gasteiger partial charge on any atom is 0.225 e. The molecule has 2 heterocycles. The smallest absolute Gasteiger partial charge is 0.225 e. The molecule has 24 heavy (non-hydrogen) atoms. The average molecular weight is 333 g/mol. The van der Waals surface area contributed by atoms with Gasteiger partial charge in [-0.1, -0.05) is 0 Å². The molecule has 0 radical (unpaired) electrons. The van der Waals surface area contributed by atoms with Crippen molar-refractivity contribution in [3.05, 3.63) is 17.6 Å². The second-order valence-electron chi connectivity index (χ2n) is 6.97. The Bertz CT molecular complexity index is 601. The van der Waals surface area contributed by atoms with E-state index in [-0.39, 0.29) is 17.9 Å². The van der Waals surface area contributed by atoms with Crippen molar-refractivity contribution in [1.29, 1.82) is 0 Å². The number of aliphatic hydroxyl groups is 1. The molecule has 3 rings (SSSR count). The quantitative estimate of drug-likeness (QED) is 0.804. The average Bonchev–Trinajstić information content (AvgIpc) is 2.59. The maximum atomic E-state index is 12.7. The third-order valence-electron chi connectivity index (χ3n) is 5.16. The summed E-state index contributed by atoms with van der Waals surface area (Å²) >= 11 is 0. The number of rotatable bonds is 2. The van der Waals surface area contributed by atoms with Crippen LogP contribution in [0.4, 0.5) is 5.82 Å². The Morgan fingerprint density at radius 3 is 2.62 bits per heavy atom. The summed E-state index contributed by atoms with van der Waals surface area (Å²) in [5.74, 6) is 0.987. The Balaban J connectivity index is 1.59. The molecule has 1 aliphatic carbocycles. The lowest BCUT2D eigenvalue weighted by molar-refractivity contribution is -0.138. The SMILES string of the molecule is Cc1cnc(C)c(N2CCN(C(=O)[C@H]3CC[C@H](N)[C@@H](O)C3)CC2)n1. The van der Waals surface area contributed by atoms with Crippen molar-refractivity contribution in [2.24, 2.45) is 11.7 Å². The van der Waals surface area contributed by atoms with Crippen LogP contribution in [0.25, 0.3) is 0 Å². The van der Waals surface area contributed by atoms with E-state index in [1.54, 1.807) is 6.20 Å². The lowest BCUT2D eigenvalue weighted by atomic mass is 9.83. The highest BCUT2D eigenvalue weighted by atomic mass is 16.3. The number of carbonyl (C=O) groups excluding carboxylic acids is 1. The monoisotopic (exact) mass is 333 g/mol. The van der Waals surface area contributed by atoms with Gasteiger partial charge in [-0.3, -0.25) is 9.78 Å². The van der Waals surface area contributed by atoms with Crippen molar-refractivity contribution in [2.45, 2.75) is 45.3 Å². The van der Waals surface area contributed by atoms with Gasteiger partial charge in [0.1, 0.15) is 5.82 Å². The van der Waals surface area contributed by atoms with Crippen LogP contribution in [0, 0.1) is 19.8 Å². The van der Waals surface area contributed by atoms with Crippen LogP contribution < -0.4 is 10.6 Å². The first kappa shape index (κ1) is 17.1. The first-order chi connectivity index (χ1) is 11.5. The lowest BCUT2D eigenvalue weighted by Crippen LogP contribution is -2.52. The van der Waals surface area contributed by atoms with E-state index >= 15 is 0 Å². The van der Waals surface area contributed by atoms with Crippen molar-refractivity contribution in [2.75, 3.05) is 31.1 Å². The van der Waals surface area contributed by atoms with Crippen LogP contribution in [0.5, 0.6) is 0 Å². The fraction of sp³-hybridized carbons (Fsp3) is 0.706. The lowest BCUT2D eigenvalue weighted by Gasteiger charge is -2.39. The number of piperazine rings is 1. The third-order valence-corrected chi connectivity index (χ3v) is 5.16. The highest BCUT2D eigenvalue weighted by Gasteiger charge is 2.34. The number of hydrogen-bond acceptors (Lipinski definition) is 6. The largest absolute Gasteiger partial charge is 0.391 e. The Kier molecular flexibility index (Phi) is 5.01. The number of aliphatic hydroxyl groups excluding tert-OH is 1. The fourth-order valence-corrected chi connectivity index (χ4v) is 3.62. The zero-order chi connectivity index (χ0) is 17.3. The number of hydrogen-bond donors (Lipinski definition) is 2. The summed E-state index contributed by atoms with van der Waals surface area (Å²) in [6.45, 7) is 6.80. The van der Waals surface area contributed by atoms with Gasteiger partial charge >= 0.3 is 0 Å². The summed E-state index contributed by atoms with van der Waals surface area (Å²) in [5, 5.41) is 9.92. The molecular formula is C17H27N5O2. The van der Waals surface area contributed by atoms with Crippen LogP contribution in [0.2, 0.25) is 0 Å². The van der Waals surface area contributed by atoms with Gasteiger partial charge in [0.15, 0.2) is 0 Å². The number of aromatic nitrogens is 2. The molecule has 1 saturated heterocycles. The minimum Gasteiger partial charge on any atom is -0.391 e. The summed E-state index contributed by atoms with van der Waals surface area (Å²) in [6, 6.07) is -0.186. The van der Waals surface area contributed by atoms with Gasteiger partial charge in [-0.2, -0.15) is 0 Å². The summed E-state index contributed by atoms with van der Waals surface area (Å²) < 4.78 is 0. The van der Waals surface area contributed by atoms with E-state index in [2.05, 4.69) is 14.9 Å².